The van der Waals surface area contributed by atoms with Crippen molar-refractivity contribution in [2.75, 3.05) is 0 Å². The molecule has 0 bridgehead atoms. The quantitative estimate of drug-likeness (QED) is 0.822. The first-order valence-electron chi connectivity index (χ1n) is 7.96. The maximum absolute atomic E-state index is 13.7. The zero-order valence-electron chi connectivity index (χ0n) is 13.4. The van der Waals surface area contributed by atoms with Gasteiger partial charge in [0.2, 0.25) is 0 Å². The third-order valence-corrected chi connectivity index (χ3v) is 4.35. The fourth-order valence-electron chi connectivity index (χ4n) is 3.12. The van der Waals surface area contributed by atoms with Gasteiger partial charge in [0.1, 0.15) is 5.82 Å². The summed E-state index contributed by atoms with van der Waals surface area (Å²) in [6.45, 7) is 7.96. The molecule has 0 aliphatic heterocycles. The summed E-state index contributed by atoms with van der Waals surface area (Å²) in [5.41, 5.74) is 1.90. The minimum atomic E-state index is -0.246. The predicted octanol–water partition coefficient (Wildman–Crippen LogP) is 4.55. The van der Waals surface area contributed by atoms with Gasteiger partial charge in [-0.1, -0.05) is 20.8 Å². The molecule has 0 unspecified atom stereocenters. The monoisotopic (exact) mass is 292 g/mol. The molecule has 1 fully saturated rings. The Balaban J connectivity index is 0.000000774. The Kier molecular flexibility index (Phi) is 4.86. The van der Waals surface area contributed by atoms with E-state index in [0.29, 0.717) is 11.1 Å². The van der Waals surface area contributed by atoms with Crippen molar-refractivity contribution in [3.8, 4) is 0 Å². The lowest BCUT2D eigenvalue weighted by atomic mass is 9.87. The first-order valence-corrected chi connectivity index (χ1v) is 7.96. The van der Waals surface area contributed by atoms with Crippen LogP contribution in [0.4, 0.5) is 4.39 Å². The van der Waals surface area contributed by atoms with Crippen molar-refractivity contribution in [1.29, 1.82) is 0 Å². The van der Waals surface area contributed by atoms with Crippen molar-refractivity contribution >= 4 is 11.0 Å². The summed E-state index contributed by atoms with van der Waals surface area (Å²) in [7, 11) is 0. The minimum absolute atomic E-state index is 0.112. The Morgan fingerprint density at radius 3 is 2.43 bits per heavy atom. The van der Waals surface area contributed by atoms with E-state index in [4.69, 9.17) is 0 Å². The number of hydrogen-bond donors (Lipinski definition) is 1. The maximum atomic E-state index is 13.7. The van der Waals surface area contributed by atoms with Gasteiger partial charge in [0.05, 0.1) is 11.0 Å². The molecule has 3 nitrogen and oxygen atoms in total. The molecule has 0 saturated heterocycles. The summed E-state index contributed by atoms with van der Waals surface area (Å²) < 4.78 is 15.5. The number of rotatable bonds is 1. The van der Waals surface area contributed by atoms with Crippen LogP contribution in [0.15, 0.2) is 16.9 Å². The summed E-state index contributed by atoms with van der Waals surface area (Å²) in [6.07, 6.45) is 4.28. The van der Waals surface area contributed by atoms with Crippen molar-refractivity contribution in [2.45, 2.75) is 59.4 Å². The molecule has 0 atom stereocenters. The van der Waals surface area contributed by atoms with Gasteiger partial charge in [-0.2, -0.15) is 0 Å². The average molecular weight is 292 g/mol. The van der Waals surface area contributed by atoms with Crippen LogP contribution in [0, 0.1) is 18.7 Å². The highest BCUT2D eigenvalue weighted by Gasteiger charge is 2.23. The van der Waals surface area contributed by atoms with E-state index in [-0.39, 0.29) is 17.5 Å². The van der Waals surface area contributed by atoms with Gasteiger partial charge in [0, 0.05) is 12.1 Å². The van der Waals surface area contributed by atoms with Gasteiger partial charge in [-0.15, -0.1) is 0 Å². The first-order chi connectivity index (χ1) is 10.1. The maximum Gasteiger partial charge on any atom is 0.326 e. The molecule has 1 aromatic carbocycles. The molecule has 0 amide bonds. The number of aromatic amines is 1. The van der Waals surface area contributed by atoms with Crippen LogP contribution in [0.5, 0.6) is 0 Å². The van der Waals surface area contributed by atoms with Crippen LogP contribution in [0.3, 0.4) is 0 Å². The van der Waals surface area contributed by atoms with Gasteiger partial charge in [-0.3, -0.25) is 4.57 Å². The van der Waals surface area contributed by atoms with Crippen molar-refractivity contribution < 1.29 is 4.39 Å². The van der Waals surface area contributed by atoms with Gasteiger partial charge < -0.3 is 4.98 Å². The van der Waals surface area contributed by atoms with Crippen LogP contribution in [0.2, 0.25) is 0 Å². The molecule has 0 spiro atoms. The lowest BCUT2D eigenvalue weighted by Gasteiger charge is -2.27. The number of halogens is 1. The SMILES string of the molecule is CC.Cc1cc2[nH]c(=O)n(C3CCC(C)CC3)c2cc1F. The third-order valence-electron chi connectivity index (χ3n) is 4.35. The smallest absolute Gasteiger partial charge is 0.306 e. The van der Waals surface area contributed by atoms with Gasteiger partial charge in [0.25, 0.3) is 0 Å². The van der Waals surface area contributed by atoms with E-state index < -0.39 is 0 Å². The number of imidazole rings is 1. The molecule has 1 N–H and O–H groups in total. The van der Waals surface area contributed by atoms with Crippen molar-refractivity contribution in [3.63, 3.8) is 0 Å². The number of H-pyrrole nitrogens is 1. The summed E-state index contributed by atoms with van der Waals surface area (Å²) in [6, 6.07) is 3.41. The lowest BCUT2D eigenvalue weighted by Crippen LogP contribution is -2.25. The van der Waals surface area contributed by atoms with E-state index in [1.807, 2.05) is 13.8 Å². The van der Waals surface area contributed by atoms with E-state index in [9.17, 15) is 9.18 Å². The molecule has 1 aromatic heterocycles. The third kappa shape index (κ3) is 3.04. The lowest BCUT2D eigenvalue weighted by molar-refractivity contribution is 0.290. The number of fused-ring (bicyclic) bond motifs is 1. The summed E-state index contributed by atoms with van der Waals surface area (Å²) in [4.78, 5) is 15.0. The van der Waals surface area contributed by atoms with Crippen LogP contribution >= 0.6 is 0 Å². The van der Waals surface area contributed by atoms with E-state index in [2.05, 4.69) is 11.9 Å². The molecule has 116 valence electrons. The average Bonchev–Trinajstić information content (AvgIpc) is 2.78. The minimum Gasteiger partial charge on any atom is -0.306 e. The molecule has 3 rings (SSSR count). The van der Waals surface area contributed by atoms with Crippen molar-refractivity contribution in [3.05, 3.63) is 34.0 Å². The fourth-order valence-corrected chi connectivity index (χ4v) is 3.12. The van der Waals surface area contributed by atoms with E-state index in [1.165, 1.54) is 6.07 Å². The van der Waals surface area contributed by atoms with E-state index in [0.717, 1.165) is 37.1 Å². The fraction of sp³-hybridized carbons (Fsp3) is 0.588. The molecular weight excluding hydrogens is 267 g/mol. The summed E-state index contributed by atoms with van der Waals surface area (Å²) in [5, 5.41) is 0. The second-order valence-corrected chi connectivity index (χ2v) is 5.83. The number of nitrogens with zero attached hydrogens (tertiary/aromatic N) is 1. The van der Waals surface area contributed by atoms with Gasteiger partial charge >= 0.3 is 5.69 Å². The van der Waals surface area contributed by atoms with Crippen LogP contribution in [-0.2, 0) is 0 Å². The Morgan fingerprint density at radius 1 is 1.19 bits per heavy atom. The number of aromatic nitrogens is 2. The summed E-state index contributed by atoms with van der Waals surface area (Å²) >= 11 is 0. The van der Waals surface area contributed by atoms with E-state index in [1.54, 1.807) is 17.6 Å². The molecule has 1 aliphatic carbocycles. The standard InChI is InChI=1S/C15H19FN2O.C2H6/c1-9-3-5-11(6-4-9)18-14-8-12(16)10(2)7-13(14)17-15(18)19;1-2/h7-9,11H,3-6H2,1-2H3,(H,17,19);1-2H3. The zero-order chi connectivity index (χ0) is 15.6. The van der Waals surface area contributed by atoms with Crippen LogP contribution in [-0.4, -0.2) is 9.55 Å². The molecule has 1 aliphatic rings. The van der Waals surface area contributed by atoms with Gasteiger partial charge in [-0.05, 0) is 50.2 Å². The highest BCUT2D eigenvalue weighted by atomic mass is 19.1. The molecule has 21 heavy (non-hydrogen) atoms. The highest BCUT2D eigenvalue weighted by Crippen LogP contribution is 2.32. The zero-order valence-corrected chi connectivity index (χ0v) is 13.4. The van der Waals surface area contributed by atoms with Crippen LogP contribution in [0.1, 0.15) is 58.1 Å². The predicted molar refractivity (Wildman–Crippen MR) is 85.3 cm³/mol. The molecule has 1 saturated carbocycles. The van der Waals surface area contributed by atoms with Crippen molar-refractivity contribution in [2.24, 2.45) is 5.92 Å². The molecular formula is C17H25FN2O. The number of aryl methyl sites for hydroxylation is 1. The summed E-state index contributed by atoms with van der Waals surface area (Å²) in [5.74, 6) is 0.487. The topological polar surface area (TPSA) is 37.8 Å². The second-order valence-electron chi connectivity index (χ2n) is 5.83. The number of nitrogens with one attached hydrogen (secondary N) is 1. The normalized spacial score (nSPS) is 22.0. The van der Waals surface area contributed by atoms with Crippen LogP contribution < -0.4 is 5.69 Å². The number of benzene rings is 1. The second kappa shape index (κ2) is 6.46. The Bertz CT molecular complexity index is 663. The molecule has 4 heteroatoms. The van der Waals surface area contributed by atoms with Gasteiger partial charge in [0.15, 0.2) is 0 Å². The van der Waals surface area contributed by atoms with Gasteiger partial charge in [-0.25, -0.2) is 9.18 Å². The highest BCUT2D eigenvalue weighted by molar-refractivity contribution is 5.76. The molecule has 2 aromatic rings. The molecule has 0 radical (unpaired) electrons. The van der Waals surface area contributed by atoms with Crippen molar-refractivity contribution in [1.82, 2.24) is 9.55 Å². The number of hydrogen-bond acceptors (Lipinski definition) is 1. The Morgan fingerprint density at radius 2 is 1.81 bits per heavy atom. The first kappa shape index (κ1) is 15.8. The molecule has 1 heterocycles. The van der Waals surface area contributed by atoms with Crippen LogP contribution in [0.25, 0.3) is 11.0 Å². The Labute approximate surface area is 125 Å². The Hall–Kier alpha value is -1.58. The van der Waals surface area contributed by atoms with E-state index >= 15 is 0 Å². The largest absolute Gasteiger partial charge is 0.326 e.